The Hall–Kier alpha value is -1.91. The van der Waals surface area contributed by atoms with E-state index in [-0.39, 0.29) is 0 Å². The van der Waals surface area contributed by atoms with E-state index in [9.17, 15) is 9.70 Å². The highest BCUT2D eigenvalue weighted by molar-refractivity contribution is 5.73. The zero-order valence-corrected chi connectivity index (χ0v) is 8.60. The lowest BCUT2D eigenvalue weighted by atomic mass is 10.1. The predicted octanol–water partition coefficient (Wildman–Crippen LogP) is 1.88. The third-order valence-corrected chi connectivity index (χ3v) is 2.17. The molecule has 0 saturated carbocycles. The van der Waals surface area contributed by atoms with Gasteiger partial charge in [-0.25, -0.2) is 5.01 Å². The summed E-state index contributed by atoms with van der Waals surface area (Å²) in [6.07, 6.45) is 0. The van der Waals surface area contributed by atoms with E-state index in [2.05, 4.69) is 5.29 Å². The topological polar surface area (TPSA) is 70.0 Å². The predicted molar refractivity (Wildman–Crippen MR) is 56.7 cm³/mol. The summed E-state index contributed by atoms with van der Waals surface area (Å²) >= 11 is 0. The van der Waals surface area contributed by atoms with E-state index in [1.165, 1.54) is 0 Å². The van der Waals surface area contributed by atoms with Gasteiger partial charge in [0.2, 0.25) is 0 Å². The van der Waals surface area contributed by atoms with Gasteiger partial charge in [0.05, 0.1) is 11.0 Å². The number of carboxylic acid groups (broad SMARTS) is 1. The Morgan fingerprint density at radius 2 is 2.07 bits per heavy atom. The maximum Gasteiger partial charge on any atom is 0.325 e. The standard InChI is InChI=1S/C10H12N2O3/c1-7-3-4-9(5-8(7)2)12(11-15)6-10(13)14/h3-5H,6H2,1-2H3,(H,13,14). The molecule has 0 spiro atoms. The van der Waals surface area contributed by atoms with Gasteiger partial charge < -0.3 is 5.11 Å². The lowest BCUT2D eigenvalue weighted by molar-refractivity contribution is -0.135. The molecule has 0 aliphatic carbocycles. The van der Waals surface area contributed by atoms with Crippen LogP contribution in [0.1, 0.15) is 11.1 Å². The van der Waals surface area contributed by atoms with Gasteiger partial charge >= 0.3 is 5.97 Å². The van der Waals surface area contributed by atoms with E-state index in [1.54, 1.807) is 12.1 Å². The molecule has 0 aliphatic rings. The van der Waals surface area contributed by atoms with Gasteiger partial charge in [-0.2, -0.15) is 0 Å². The molecule has 1 N–H and O–H groups in total. The minimum Gasteiger partial charge on any atom is -0.480 e. The summed E-state index contributed by atoms with van der Waals surface area (Å²) in [6, 6.07) is 5.23. The van der Waals surface area contributed by atoms with Crippen LogP contribution in [0, 0.1) is 18.8 Å². The fourth-order valence-electron chi connectivity index (χ4n) is 1.18. The average Bonchev–Trinajstić information content (AvgIpc) is 2.18. The van der Waals surface area contributed by atoms with Crippen LogP contribution in [-0.4, -0.2) is 17.6 Å². The normalized spacial score (nSPS) is 9.73. The Balaban J connectivity index is 2.97. The number of aliphatic carboxylic acids is 1. The van der Waals surface area contributed by atoms with Gasteiger partial charge in [-0.3, -0.25) is 4.79 Å². The van der Waals surface area contributed by atoms with E-state index >= 15 is 0 Å². The van der Waals surface area contributed by atoms with Crippen molar-refractivity contribution in [2.75, 3.05) is 11.6 Å². The van der Waals surface area contributed by atoms with E-state index in [1.807, 2.05) is 19.9 Å². The first kappa shape index (κ1) is 11.2. The highest BCUT2D eigenvalue weighted by Gasteiger charge is 2.11. The third kappa shape index (κ3) is 2.77. The Labute approximate surface area is 87.3 Å². The van der Waals surface area contributed by atoms with Gasteiger partial charge in [0.1, 0.15) is 6.54 Å². The molecule has 5 heteroatoms. The molecule has 5 nitrogen and oxygen atoms in total. The highest BCUT2D eigenvalue weighted by atomic mass is 16.4. The molecule has 15 heavy (non-hydrogen) atoms. The quantitative estimate of drug-likeness (QED) is 0.605. The Kier molecular flexibility index (Phi) is 3.38. The molecule has 0 atom stereocenters. The van der Waals surface area contributed by atoms with Crippen molar-refractivity contribution < 1.29 is 9.90 Å². The molecule has 0 heterocycles. The van der Waals surface area contributed by atoms with E-state index < -0.39 is 12.5 Å². The lowest BCUT2D eigenvalue weighted by Crippen LogP contribution is -2.23. The number of hydrogen-bond donors (Lipinski definition) is 1. The fraction of sp³-hybridized carbons (Fsp3) is 0.300. The maximum atomic E-state index is 10.5. The highest BCUT2D eigenvalue weighted by Crippen LogP contribution is 2.18. The molecule has 1 aromatic carbocycles. The number of nitrogens with zero attached hydrogens (tertiary/aromatic N) is 2. The minimum atomic E-state index is -1.09. The van der Waals surface area contributed by atoms with Crippen LogP contribution in [0.2, 0.25) is 0 Å². The summed E-state index contributed by atoms with van der Waals surface area (Å²) in [7, 11) is 0. The van der Waals surface area contributed by atoms with Crippen LogP contribution in [0.4, 0.5) is 5.69 Å². The summed E-state index contributed by atoms with van der Waals surface area (Å²) in [5, 5.41) is 12.1. The molecule has 1 aromatic rings. The molecule has 0 radical (unpaired) electrons. The first-order valence-electron chi connectivity index (χ1n) is 4.44. The van der Waals surface area contributed by atoms with Gasteiger partial charge in [-0.15, -0.1) is 4.91 Å². The van der Waals surface area contributed by atoms with Crippen molar-refractivity contribution in [3.8, 4) is 0 Å². The number of nitroso groups, excluding NO2 is 1. The van der Waals surface area contributed by atoms with Gasteiger partial charge in [-0.05, 0) is 37.1 Å². The third-order valence-electron chi connectivity index (χ3n) is 2.17. The zero-order chi connectivity index (χ0) is 11.4. The molecule has 0 bridgehead atoms. The van der Waals surface area contributed by atoms with Crippen molar-refractivity contribution in [1.82, 2.24) is 0 Å². The molecule has 0 fully saturated rings. The molecule has 1 rings (SSSR count). The average molecular weight is 208 g/mol. The minimum absolute atomic E-state index is 0.425. The Morgan fingerprint density at radius 1 is 1.40 bits per heavy atom. The molecule has 0 amide bonds. The van der Waals surface area contributed by atoms with Gasteiger partial charge in [0, 0.05) is 0 Å². The summed E-state index contributed by atoms with van der Waals surface area (Å²) in [5.41, 5.74) is 2.57. The van der Waals surface area contributed by atoms with E-state index in [0.717, 1.165) is 16.1 Å². The van der Waals surface area contributed by atoms with Gasteiger partial charge in [-0.1, -0.05) is 6.07 Å². The van der Waals surface area contributed by atoms with Crippen LogP contribution in [0.25, 0.3) is 0 Å². The molecular formula is C10H12N2O3. The Bertz CT molecular complexity index is 390. The summed E-state index contributed by atoms with van der Waals surface area (Å²) in [4.78, 5) is 20.9. The van der Waals surface area contributed by atoms with Crippen molar-refractivity contribution >= 4 is 11.7 Å². The van der Waals surface area contributed by atoms with Crippen molar-refractivity contribution in [3.63, 3.8) is 0 Å². The van der Waals surface area contributed by atoms with Crippen LogP contribution < -0.4 is 5.01 Å². The van der Waals surface area contributed by atoms with Crippen LogP contribution in [0.5, 0.6) is 0 Å². The largest absolute Gasteiger partial charge is 0.480 e. The number of aryl methyl sites for hydroxylation is 2. The molecule has 0 aromatic heterocycles. The SMILES string of the molecule is Cc1ccc(N(CC(=O)O)N=O)cc1C. The van der Waals surface area contributed by atoms with Crippen LogP contribution in [-0.2, 0) is 4.79 Å². The van der Waals surface area contributed by atoms with Crippen LogP contribution in [0.15, 0.2) is 23.5 Å². The first-order chi connectivity index (χ1) is 7.04. The van der Waals surface area contributed by atoms with Crippen molar-refractivity contribution in [1.29, 1.82) is 0 Å². The number of hydrogen-bond acceptors (Lipinski definition) is 3. The van der Waals surface area contributed by atoms with Crippen LogP contribution in [0.3, 0.4) is 0 Å². The maximum absolute atomic E-state index is 10.5. The molecular weight excluding hydrogens is 196 g/mol. The Morgan fingerprint density at radius 3 is 2.53 bits per heavy atom. The fourth-order valence-corrected chi connectivity index (χ4v) is 1.18. The van der Waals surface area contributed by atoms with Crippen molar-refractivity contribution in [3.05, 3.63) is 34.2 Å². The molecule has 80 valence electrons. The number of benzene rings is 1. The monoisotopic (exact) mass is 208 g/mol. The number of carboxylic acids is 1. The number of rotatable bonds is 4. The zero-order valence-electron chi connectivity index (χ0n) is 8.60. The molecule has 0 saturated heterocycles. The summed E-state index contributed by atoms with van der Waals surface area (Å²) in [6.45, 7) is 3.41. The second-order valence-corrected chi connectivity index (χ2v) is 3.30. The summed E-state index contributed by atoms with van der Waals surface area (Å²) in [5.74, 6) is -1.09. The molecule has 0 aliphatic heterocycles. The van der Waals surface area contributed by atoms with Crippen molar-refractivity contribution in [2.24, 2.45) is 5.29 Å². The first-order valence-corrected chi connectivity index (χ1v) is 4.44. The second kappa shape index (κ2) is 4.54. The van der Waals surface area contributed by atoms with Gasteiger partial charge in [0.25, 0.3) is 0 Å². The summed E-state index contributed by atoms with van der Waals surface area (Å²) < 4.78 is 0. The van der Waals surface area contributed by atoms with Gasteiger partial charge in [0.15, 0.2) is 0 Å². The van der Waals surface area contributed by atoms with E-state index in [0.29, 0.717) is 5.69 Å². The number of carbonyl (C=O) groups is 1. The smallest absolute Gasteiger partial charge is 0.325 e. The van der Waals surface area contributed by atoms with E-state index in [4.69, 9.17) is 5.11 Å². The molecule has 0 unspecified atom stereocenters. The lowest BCUT2D eigenvalue weighted by Gasteiger charge is -2.13. The second-order valence-electron chi connectivity index (χ2n) is 3.30. The van der Waals surface area contributed by atoms with Crippen LogP contribution >= 0.6 is 0 Å². The number of anilines is 1. The van der Waals surface area contributed by atoms with Crippen molar-refractivity contribution in [2.45, 2.75) is 13.8 Å².